The normalized spacial score (nSPS) is 17.5. The van der Waals surface area contributed by atoms with Crippen molar-refractivity contribution < 1.29 is 13.2 Å². The minimum Gasteiger partial charge on any atom is -0.369 e. The van der Waals surface area contributed by atoms with Crippen LogP contribution >= 0.6 is 0 Å². The Labute approximate surface area is 159 Å². The number of hydrogen-bond donors (Lipinski definition) is 1. The molecule has 2 heterocycles. The first-order valence-corrected chi connectivity index (χ1v) is 10.5. The van der Waals surface area contributed by atoms with Gasteiger partial charge in [-0.25, -0.2) is 13.4 Å². The minimum atomic E-state index is -3.70. The van der Waals surface area contributed by atoms with Crippen molar-refractivity contribution in [1.82, 2.24) is 4.98 Å². The summed E-state index contributed by atoms with van der Waals surface area (Å²) in [4.78, 5) is 17.9. The molecule has 2 aromatic rings. The van der Waals surface area contributed by atoms with Crippen LogP contribution in [-0.4, -0.2) is 38.9 Å². The monoisotopic (exact) mass is 388 g/mol. The first-order valence-electron chi connectivity index (χ1n) is 9.01. The third-order valence-corrected chi connectivity index (χ3v) is 6.67. The van der Waals surface area contributed by atoms with Crippen LogP contribution in [0.3, 0.4) is 0 Å². The largest absolute Gasteiger partial charge is 0.369 e. The Morgan fingerprint density at radius 2 is 2.00 bits per heavy atom. The number of benzene rings is 1. The average molecular weight is 388 g/mol. The number of primary amides is 1. The number of carbonyl (C=O) groups is 1. The fraction of sp³-hybridized carbons (Fsp3) is 0.368. The van der Waals surface area contributed by atoms with Crippen molar-refractivity contribution in [3.05, 3.63) is 48.7 Å². The van der Waals surface area contributed by atoms with E-state index in [1.807, 2.05) is 11.0 Å². The molecule has 3 rings (SSSR count). The lowest BCUT2D eigenvalue weighted by atomic mass is 9.97. The van der Waals surface area contributed by atoms with Crippen molar-refractivity contribution in [3.8, 4) is 0 Å². The molecule has 8 heteroatoms. The maximum atomic E-state index is 13.0. The van der Waals surface area contributed by atoms with E-state index in [0.717, 1.165) is 19.4 Å². The molecule has 1 amide bonds. The summed E-state index contributed by atoms with van der Waals surface area (Å²) in [6.07, 6.45) is 3.01. The lowest BCUT2D eigenvalue weighted by Gasteiger charge is -2.32. The van der Waals surface area contributed by atoms with Crippen molar-refractivity contribution in [2.75, 3.05) is 28.8 Å². The number of anilines is 2. The third-order valence-electron chi connectivity index (χ3n) is 4.79. The molecule has 7 nitrogen and oxygen atoms in total. The summed E-state index contributed by atoms with van der Waals surface area (Å²) in [5.41, 5.74) is 6.04. The van der Waals surface area contributed by atoms with Gasteiger partial charge in [-0.15, -0.1) is 0 Å². The van der Waals surface area contributed by atoms with Crippen molar-refractivity contribution in [2.24, 2.45) is 11.7 Å². The predicted octanol–water partition coefficient (Wildman–Crippen LogP) is 2.00. The number of sulfonamides is 1. The van der Waals surface area contributed by atoms with E-state index in [1.165, 1.54) is 10.5 Å². The number of rotatable bonds is 6. The van der Waals surface area contributed by atoms with Gasteiger partial charge in [-0.2, -0.15) is 0 Å². The highest BCUT2D eigenvalue weighted by Crippen LogP contribution is 2.25. The molecule has 1 atom stereocenters. The highest BCUT2D eigenvalue weighted by atomic mass is 32.2. The first-order chi connectivity index (χ1) is 12.9. The van der Waals surface area contributed by atoms with Crippen LogP contribution in [0, 0.1) is 5.92 Å². The number of piperidine rings is 1. The number of para-hydroxylation sites is 1. The number of nitrogens with zero attached hydrogens (tertiary/aromatic N) is 3. The molecule has 0 spiro atoms. The maximum Gasteiger partial charge on any atom is 0.265 e. The summed E-state index contributed by atoms with van der Waals surface area (Å²) in [5.74, 6) is 0.153. The van der Waals surface area contributed by atoms with Gasteiger partial charge in [0.05, 0.1) is 11.6 Å². The second-order valence-corrected chi connectivity index (χ2v) is 8.41. The molecule has 1 saturated heterocycles. The Kier molecular flexibility index (Phi) is 5.65. The van der Waals surface area contributed by atoms with Gasteiger partial charge >= 0.3 is 0 Å². The summed E-state index contributed by atoms with van der Waals surface area (Å²) >= 11 is 0. The molecule has 0 bridgehead atoms. The fourth-order valence-corrected chi connectivity index (χ4v) is 4.76. The van der Waals surface area contributed by atoms with E-state index in [9.17, 15) is 13.2 Å². The lowest BCUT2D eigenvalue weighted by Crippen LogP contribution is -2.41. The number of nitrogens with two attached hydrogens (primary N) is 1. The number of carbonyl (C=O) groups excluding carboxylic acids is 1. The molecule has 1 aliphatic heterocycles. The lowest BCUT2D eigenvalue weighted by molar-refractivity contribution is -0.122. The molecule has 1 fully saturated rings. The Morgan fingerprint density at radius 1 is 1.26 bits per heavy atom. The highest BCUT2D eigenvalue weighted by molar-refractivity contribution is 7.92. The van der Waals surface area contributed by atoms with Gasteiger partial charge in [-0.05, 0) is 44.0 Å². The zero-order valence-electron chi connectivity index (χ0n) is 15.3. The molecule has 0 saturated carbocycles. The Balaban J connectivity index is 1.83. The molecule has 1 aromatic carbocycles. The number of amides is 1. The molecule has 1 aliphatic rings. The summed E-state index contributed by atoms with van der Waals surface area (Å²) in [5, 5.41) is 0. The first kappa shape index (κ1) is 19.2. The molecule has 1 unspecified atom stereocenters. The van der Waals surface area contributed by atoms with Crippen molar-refractivity contribution in [1.29, 1.82) is 0 Å². The van der Waals surface area contributed by atoms with E-state index in [-0.39, 0.29) is 16.7 Å². The smallest absolute Gasteiger partial charge is 0.265 e. The quantitative estimate of drug-likeness (QED) is 0.816. The molecule has 27 heavy (non-hydrogen) atoms. The Hall–Kier alpha value is -2.61. The summed E-state index contributed by atoms with van der Waals surface area (Å²) < 4.78 is 27.4. The minimum absolute atomic E-state index is 0.139. The average Bonchev–Trinajstić information content (AvgIpc) is 2.69. The number of hydrogen-bond acceptors (Lipinski definition) is 5. The van der Waals surface area contributed by atoms with E-state index < -0.39 is 10.0 Å². The van der Waals surface area contributed by atoms with Crippen LogP contribution in [0.1, 0.15) is 19.8 Å². The van der Waals surface area contributed by atoms with Gasteiger partial charge in [0.15, 0.2) is 0 Å². The number of aromatic nitrogens is 1. The van der Waals surface area contributed by atoms with Gasteiger partial charge in [0.1, 0.15) is 10.7 Å². The number of pyridine rings is 1. The van der Waals surface area contributed by atoms with Crippen LogP contribution in [0.4, 0.5) is 11.5 Å². The topological polar surface area (TPSA) is 96.6 Å². The van der Waals surface area contributed by atoms with Crippen LogP contribution in [0.2, 0.25) is 0 Å². The predicted molar refractivity (Wildman–Crippen MR) is 105 cm³/mol. The molecule has 0 radical (unpaired) electrons. The van der Waals surface area contributed by atoms with Crippen LogP contribution in [0.15, 0.2) is 53.6 Å². The van der Waals surface area contributed by atoms with E-state index in [2.05, 4.69) is 4.98 Å². The second kappa shape index (κ2) is 7.96. The van der Waals surface area contributed by atoms with Crippen LogP contribution < -0.4 is 14.9 Å². The van der Waals surface area contributed by atoms with E-state index in [4.69, 9.17) is 5.73 Å². The van der Waals surface area contributed by atoms with Crippen molar-refractivity contribution in [2.45, 2.75) is 24.7 Å². The van der Waals surface area contributed by atoms with Gasteiger partial charge < -0.3 is 10.6 Å². The van der Waals surface area contributed by atoms with Crippen molar-refractivity contribution >= 4 is 27.4 Å². The van der Waals surface area contributed by atoms with Crippen LogP contribution in [0.25, 0.3) is 0 Å². The van der Waals surface area contributed by atoms with Gasteiger partial charge in [0, 0.05) is 25.8 Å². The Bertz CT molecular complexity index is 885. The molecular formula is C19H24N4O3S. The van der Waals surface area contributed by atoms with Gasteiger partial charge in [-0.1, -0.05) is 18.2 Å². The van der Waals surface area contributed by atoms with Crippen molar-refractivity contribution in [3.63, 3.8) is 0 Å². The summed E-state index contributed by atoms with van der Waals surface area (Å²) in [7, 11) is -3.70. The molecule has 144 valence electrons. The molecular weight excluding hydrogens is 364 g/mol. The second-order valence-electron chi connectivity index (χ2n) is 6.54. The fourth-order valence-electron chi connectivity index (χ4n) is 3.34. The molecule has 0 aliphatic carbocycles. The van der Waals surface area contributed by atoms with E-state index in [1.54, 1.807) is 43.3 Å². The Morgan fingerprint density at radius 3 is 2.59 bits per heavy atom. The molecule has 2 N–H and O–H groups in total. The highest BCUT2D eigenvalue weighted by Gasteiger charge is 2.27. The van der Waals surface area contributed by atoms with E-state index >= 15 is 0 Å². The van der Waals surface area contributed by atoms with Crippen LogP contribution in [-0.2, 0) is 14.8 Å². The zero-order valence-corrected chi connectivity index (χ0v) is 16.1. The molecule has 1 aromatic heterocycles. The maximum absolute atomic E-state index is 13.0. The van der Waals surface area contributed by atoms with Crippen LogP contribution in [0.5, 0.6) is 0 Å². The SMILES string of the molecule is CCN(c1ccccc1)S(=O)(=O)c1ccc(N2CCCC(C(N)=O)C2)nc1. The standard InChI is InChI=1S/C19H24N4O3S/c1-2-23(16-8-4-3-5-9-16)27(25,26)17-10-11-18(21-13-17)22-12-6-7-15(14-22)19(20)24/h3-5,8-11,13,15H,2,6-7,12,14H2,1H3,(H2,20,24). The van der Waals surface area contributed by atoms with Gasteiger partial charge in [-0.3, -0.25) is 9.10 Å². The third kappa shape index (κ3) is 4.05. The van der Waals surface area contributed by atoms with Gasteiger partial charge in [0.25, 0.3) is 10.0 Å². The van der Waals surface area contributed by atoms with Gasteiger partial charge in [0.2, 0.25) is 5.91 Å². The summed E-state index contributed by atoms with van der Waals surface area (Å²) in [6, 6.07) is 12.2. The summed E-state index contributed by atoms with van der Waals surface area (Å²) in [6.45, 7) is 3.40. The van der Waals surface area contributed by atoms with E-state index in [0.29, 0.717) is 24.6 Å². The zero-order chi connectivity index (χ0) is 19.4.